The molecule has 9 nitrogen and oxygen atoms in total. The number of amides is 1. The molecule has 0 bridgehead atoms. The van der Waals surface area contributed by atoms with E-state index in [2.05, 4.69) is 25.6 Å². The topological polar surface area (TPSA) is 107 Å². The zero-order chi connectivity index (χ0) is 22.6. The number of carbonyl (C=O) groups is 1. The number of aromatic nitrogens is 3. The van der Waals surface area contributed by atoms with Crippen LogP contribution >= 0.6 is 0 Å². The van der Waals surface area contributed by atoms with Crippen LogP contribution in [0.1, 0.15) is 31.2 Å². The van der Waals surface area contributed by atoms with E-state index >= 15 is 0 Å². The predicted molar refractivity (Wildman–Crippen MR) is 123 cm³/mol. The maximum Gasteiger partial charge on any atom is 0.257 e. The lowest BCUT2D eigenvalue weighted by molar-refractivity contribution is -0.120. The average molecular weight is 450 g/mol. The predicted octanol–water partition coefficient (Wildman–Crippen LogP) is 3.09. The van der Waals surface area contributed by atoms with Crippen LogP contribution < -0.4 is 24.8 Å². The van der Waals surface area contributed by atoms with Crippen LogP contribution in [0.3, 0.4) is 0 Å². The van der Waals surface area contributed by atoms with Crippen molar-refractivity contribution in [2.24, 2.45) is 5.92 Å². The summed E-state index contributed by atoms with van der Waals surface area (Å²) in [5.41, 5.74) is 3.07. The Hall–Kier alpha value is -3.46. The third-order valence-electron chi connectivity index (χ3n) is 6.17. The zero-order valence-corrected chi connectivity index (χ0v) is 18.5. The molecule has 1 aliphatic carbocycles. The van der Waals surface area contributed by atoms with E-state index < -0.39 is 0 Å². The highest BCUT2D eigenvalue weighted by molar-refractivity contribution is 6.00. The minimum atomic E-state index is -0.0205. The number of pyridine rings is 3. The Morgan fingerprint density at radius 2 is 1.97 bits per heavy atom. The second-order valence-electron chi connectivity index (χ2n) is 8.34. The van der Waals surface area contributed by atoms with Gasteiger partial charge in [-0.1, -0.05) is 0 Å². The van der Waals surface area contributed by atoms with E-state index in [1.807, 2.05) is 18.3 Å². The van der Waals surface area contributed by atoms with Gasteiger partial charge in [-0.25, -0.2) is 9.97 Å². The second-order valence-corrected chi connectivity index (χ2v) is 8.34. The lowest BCUT2D eigenvalue weighted by Gasteiger charge is -2.28. The zero-order valence-electron chi connectivity index (χ0n) is 18.5. The van der Waals surface area contributed by atoms with Crippen LogP contribution in [0.5, 0.6) is 17.5 Å². The molecular formula is C24H27N5O4. The number of hydrogen-bond acceptors (Lipinski definition) is 8. The van der Waals surface area contributed by atoms with Crippen LogP contribution in [0.4, 0.5) is 5.69 Å². The van der Waals surface area contributed by atoms with E-state index in [0.29, 0.717) is 54.5 Å². The molecule has 1 saturated carbocycles. The number of nitrogens with zero attached hydrogens (tertiary/aromatic N) is 3. The lowest BCUT2D eigenvalue weighted by Crippen LogP contribution is -2.36. The van der Waals surface area contributed by atoms with Crippen molar-refractivity contribution in [3.8, 4) is 17.5 Å². The Morgan fingerprint density at radius 3 is 2.82 bits per heavy atom. The number of anilines is 1. The number of hydrogen-bond donors (Lipinski definition) is 2. The number of rotatable bonds is 6. The second kappa shape index (κ2) is 9.58. The van der Waals surface area contributed by atoms with Gasteiger partial charge in [0.05, 0.1) is 18.3 Å². The highest BCUT2D eigenvalue weighted by atomic mass is 16.6. The Kier molecular flexibility index (Phi) is 6.21. The summed E-state index contributed by atoms with van der Waals surface area (Å²) in [7, 11) is 1.57. The fraction of sp³-hybridized carbons (Fsp3) is 0.417. The third-order valence-corrected chi connectivity index (χ3v) is 6.17. The van der Waals surface area contributed by atoms with Crippen molar-refractivity contribution >= 4 is 22.6 Å². The van der Waals surface area contributed by atoms with Crippen molar-refractivity contribution in [3.05, 3.63) is 42.2 Å². The highest BCUT2D eigenvalue weighted by Gasteiger charge is 2.27. The van der Waals surface area contributed by atoms with Crippen molar-refractivity contribution < 1.29 is 19.0 Å². The largest absolute Gasteiger partial charge is 0.484 e. The fourth-order valence-electron chi connectivity index (χ4n) is 4.35. The van der Waals surface area contributed by atoms with Crippen molar-refractivity contribution in [2.45, 2.75) is 38.3 Å². The minimum Gasteiger partial charge on any atom is -0.484 e. The molecule has 0 saturated heterocycles. The number of fused-ring (bicyclic) bond motifs is 2. The SMILES string of the molecule is COc1ccc2nccc(NC(=O)[C@H]3CC[C@H](NCc4cnc5c(c4)OCCO5)CC3)c2n1. The molecule has 4 heterocycles. The van der Waals surface area contributed by atoms with E-state index in [4.69, 9.17) is 14.2 Å². The normalized spacial score (nSPS) is 19.8. The van der Waals surface area contributed by atoms with Crippen LogP contribution in [0, 0.1) is 5.92 Å². The molecule has 1 amide bonds. The molecule has 1 aliphatic heterocycles. The third kappa shape index (κ3) is 4.83. The Balaban J connectivity index is 1.14. The first-order valence-corrected chi connectivity index (χ1v) is 11.3. The van der Waals surface area contributed by atoms with E-state index in [9.17, 15) is 4.79 Å². The standard InChI is InChI=1S/C24H27N5O4/c1-31-21-7-6-18-22(29-21)19(8-9-25-18)28-23(30)16-2-4-17(5-3-16)26-13-15-12-20-24(27-14-15)33-11-10-32-20/h6-9,12,14,16-17,26H,2-5,10-11,13H2,1H3,(H,25,28,30)/t16-,17-. The van der Waals surface area contributed by atoms with Crippen LogP contribution in [-0.4, -0.2) is 47.2 Å². The average Bonchev–Trinajstić information content (AvgIpc) is 2.87. The first kappa shape index (κ1) is 21.4. The van der Waals surface area contributed by atoms with Crippen LogP contribution in [0.15, 0.2) is 36.7 Å². The van der Waals surface area contributed by atoms with Gasteiger partial charge in [0, 0.05) is 37.0 Å². The molecular weight excluding hydrogens is 422 g/mol. The van der Waals surface area contributed by atoms with Gasteiger partial charge in [0.25, 0.3) is 5.88 Å². The molecule has 0 unspecified atom stereocenters. The van der Waals surface area contributed by atoms with E-state index in [1.165, 1.54) is 0 Å². The quantitative estimate of drug-likeness (QED) is 0.591. The summed E-state index contributed by atoms with van der Waals surface area (Å²) in [6, 6.07) is 7.73. The number of methoxy groups -OCH3 is 1. The monoisotopic (exact) mass is 449 g/mol. The molecule has 172 valence electrons. The fourth-order valence-corrected chi connectivity index (χ4v) is 4.35. The molecule has 3 aromatic rings. The van der Waals surface area contributed by atoms with Gasteiger partial charge in [0.15, 0.2) is 5.75 Å². The van der Waals surface area contributed by atoms with Crippen LogP contribution in [-0.2, 0) is 11.3 Å². The number of nitrogens with one attached hydrogen (secondary N) is 2. The molecule has 0 aromatic carbocycles. The number of ether oxygens (including phenoxy) is 3. The van der Waals surface area contributed by atoms with Crippen LogP contribution in [0.2, 0.25) is 0 Å². The lowest BCUT2D eigenvalue weighted by atomic mass is 9.85. The Labute approximate surface area is 191 Å². The first-order valence-electron chi connectivity index (χ1n) is 11.3. The van der Waals surface area contributed by atoms with Gasteiger partial charge < -0.3 is 24.8 Å². The van der Waals surface area contributed by atoms with Gasteiger partial charge in [-0.15, -0.1) is 0 Å². The van der Waals surface area contributed by atoms with Crippen molar-refractivity contribution in [1.82, 2.24) is 20.3 Å². The molecule has 3 aromatic heterocycles. The van der Waals surface area contributed by atoms with E-state index in [0.717, 1.165) is 36.8 Å². The Bertz CT molecular complexity index is 1150. The summed E-state index contributed by atoms with van der Waals surface area (Å²) in [5.74, 6) is 1.77. The summed E-state index contributed by atoms with van der Waals surface area (Å²) < 4.78 is 16.3. The molecule has 0 spiro atoms. The van der Waals surface area contributed by atoms with Crippen LogP contribution in [0.25, 0.3) is 11.0 Å². The molecule has 1 fully saturated rings. The maximum atomic E-state index is 12.9. The van der Waals surface area contributed by atoms with Crippen molar-refractivity contribution in [3.63, 3.8) is 0 Å². The van der Waals surface area contributed by atoms with E-state index in [1.54, 1.807) is 25.4 Å². The summed E-state index contributed by atoms with van der Waals surface area (Å²) in [6.45, 7) is 1.80. The van der Waals surface area contributed by atoms with Gasteiger partial charge in [-0.05, 0) is 49.4 Å². The molecule has 0 radical (unpaired) electrons. The summed E-state index contributed by atoms with van der Waals surface area (Å²) >= 11 is 0. The molecule has 0 atom stereocenters. The molecule has 5 rings (SSSR count). The molecule has 9 heteroatoms. The van der Waals surface area contributed by atoms with Gasteiger partial charge in [0.2, 0.25) is 11.8 Å². The van der Waals surface area contributed by atoms with Gasteiger partial charge in [-0.2, -0.15) is 0 Å². The molecule has 2 aliphatic rings. The Morgan fingerprint density at radius 1 is 1.12 bits per heavy atom. The van der Waals surface area contributed by atoms with Gasteiger partial charge in [-0.3, -0.25) is 9.78 Å². The minimum absolute atomic E-state index is 0.0205. The summed E-state index contributed by atoms with van der Waals surface area (Å²) in [6.07, 6.45) is 7.06. The molecule has 2 N–H and O–H groups in total. The summed E-state index contributed by atoms with van der Waals surface area (Å²) in [5, 5.41) is 6.65. The van der Waals surface area contributed by atoms with Crippen molar-refractivity contribution in [2.75, 3.05) is 25.6 Å². The van der Waals surface area contributed by atoms with E-state index in [-0.39, 0.29) is 11.8 Å². The smallest absolute Gasteiger partial charge is 0.257 e. The number of carbonyl (C=O) groups excluding carboxylic acids is 1. The van der Waals surface area contributed by atoms with Gasteiger partial charge in [0.1, 0.15) is 18.7 Å². The maximum absolute atomic E-state index is 12.9. The summed E-state index contributed by atoms with van der Waals surface area (Å²) in [4.78, 5) is 26.0. The van der Waals surface area contributed by atoms with Crippen molar-refractivity contribution in [1.29, 1.82) is 0 Å². The highest BCUT2D eigenvalue weighted by Crippen LogP contribution is 2.30. The first-order chi connectivity index (χ1) is 16.2. The molecule has 33 heavy (non-hydrogen) atoms. The van der Waals surface area contributed by atoms with Gasteiger partial charge >= 0.3 is 0 Å².